The van der Waals surface area contributed by atoms with Crippen molar-refractivity contribution in [3.05, 3.63) is 163 Å². The van der Waals surface area contributed by atoms with Gasteiger partial charge >= 0.3 is 24.1 Å². The number of methoxy groups -OCH3 is 4. The van der Waals surface area contributed by atoms with E-state index in [2.05, 4.69) is 41.0 Å². The third-order valence-corrected chi connectivity index (χ3v) is 28.8. The number of nitrogens with one attached hydrogen (secondary N) is 4. The van der Waals surface area contributed by atoms with E-state index >= 15 is 0 Å². The van der Waals surface area contributed by atoms with Gasteiger partial charge in [-0.25, -0.2) is 19.6 Å². The van der Waals surface area contributed by atoms with Crippen molar-refractivity contribution < 1.29 is 66.8 Å². The molecule has 128 heavy (non-hydrogen) atoms. The Kier molecular flexibility index (Phi) is 27.1. The highest BCUT2D eigenvalue weighted by atomic mass is 35.5. The number of imidazole rings is 2. The van der Waals surface area contributed by atoms with Crippen molar-refractivity contribution in [3.63, 3.8) is 0 Å². The molecule has 2 saturated heterocycles. The summed E-state index contributed by atoms with van der Waals surface area (Å²) in [5, 5.41) is 13.2. The molecule has 28 nitrogen and oxygen atoms in total. The summed E-state index contributed by atoms with van der Waals surface area (Å²) in [7, 11) is 9.88. The number of esters is 2. The van der Waals surface area contributed by atoms with Crippen molar-refractivity contribution >= 4 is 106 Å². The summed E-state index contributed by atoms with van der Waals surface area (Å²) in [4.78, 5) is 130. The maximum absolute atomic E-state index is 13.9. The number of ether oxygens (including phenoxy) is 6. The number of carbonyl (C=O) groups is 8. The quantitative estimate of drug-likeness (QED) is 0.0289. The Hall–Kier alpha value is -10.4. The maximum Gasteiger partial charge on any atom is 0.410 e. The number of hydrogen-bond acceptors (Lipinski definition) is 20. The fourth-order valence-corrected chi connectivity index (χ4v) is 21.6. The zero-order valence-electron chi connectivity index (χ0n) is 74.9. The number of pyridine rings is 2. The highest BCUT2D eigenvalue weighted by molar-refractivity contribution is 6.40. The van der Waals surface area contributed by atoms with E-state index in [1.54, 1.807) is 60.7 Å². The Bertz CT molecular complexity index is 5290. The number of halogens is 4. The molecule has 2 atom stereocenters. The molecule has 32 heteroatoms. The molecular formula is C96H114Cl4N14O14. The van der Waals surface area contributed by atoms with Gasteiger partial charge in [0.25, 0.3) is 11.8 Å². The predicted octanol–water partition coefficient (Wildman–Crippen LogP) is 17.2. The second-order valence-electron chi connectivity index (χ2n) is 37.9. The van der Waals surface area contributed by atoms with Gasteiger partial charge in [0.1, 0.15) is 22.7 Å². The topological polar surface area (TPSA) is 314 Å². The lowest BCUT2D eigenvalue weighted by molar-refractivity contribution is -0.153. The zero-order valence-corrected chi connectivity index (χ0v) is 77.9. The van der Waals surface area contributed by atoms with Gasteiger partial charge in [0.05, 0.1) is 118 Å². The van der Waals surface area contributed by atoms with E-state index < -0.39 is 23.4 Å². The first-order chi connectivity index (χ1) is 61.0. The van der Waals surface area contributed by atoms with Crippen molar-refractivity contribution in [3.8, 4) is 56.3 Å². The third kappa shape index (κ3) is 19.7. The molecule has 6 fully saturated rings. The lowest BCUT2D eigenvalue weighted by Gasteiger charge is -2.32. The van der Waals surface area contributed by atoms with E-state index in [1.165, 1.54) is 14.2 Å². The molecule has 4 bridgehead atoms. The Balaban J connectivity index is 0.000000197. The van der Waals surface area contributed by atoms with E-state index in [-0.39, 0.29) is 95.5 Å². The summed E-state index contributed by atoms with van der Waals surface area (Å²) >= 11 is 28.4. The lowest BCUT2D eigenvalue weighted by atomic mass is 9.80. The van der Waals surface area contributed by atoms with Crippen LogP contribution >= 0.6 is 46.4 Å². The lowest BCUT2D eigenvalue weighted by Crippen LogP contribution is -2.43. The van der Waals surface area contributed by atoms with E-state index in [0.29, 0.717) is 138 Å². The molecule has 6 amide bonds. The van der Waals surface area contributed by atoms with Gasteiger partial charge in [0, 0.05) is 148 Å². The van der Waals surface area contributed by atoms with Crippen LogP contribution in [0.1, 0.15) is 199 Å². The van der Waals surface area contributed by atoms with Crippen LogP contribution in [0.2, 0.25) is 20.1 Å². The van der Waals surface area contributed by atoms with Crippen LogP contribution in [0.3, 0.4) is 0 Å². The van der Waals surface area contributed by atoms with Gasteiger partial charge in [-0.15, -0.1) is 0 Å². The molecule has 4 saturated carbocycles. The molecule has 4 aliphatic heterocycles. The van der Waals surface area contributed by atoms with Gasteiger partial charge in [-0.05, 0) is 192 Å². The predicted molar refractivity (Wildman–Crippen MR) is 488 cm³/mol. The Morgan fingerprint density at radius 3 is 1.24 bits per heavy atom. The Labute approximate surface area is 766 Å². The number of rotatable bonds is 26. The van der Waals surface area contributed by atoms with Gasteiger partial charge in [-0.2, -0.15) is 0 Å². The number of amides is 6. The van der Waals surface area contributed by atoms with Gasteiger partial charge in [-0.3, -0.25) is 48.5 Å². The molecule has 8 aromatic rings. The first-order valence-corrected chi connectivity index (χ1v) is 45.6. The monoisotopic (exact) mass is 1830 g/mol. The molecule has 0 spiro atoms. The number of anilines is 2. The second kappa shape index (κ2) is 37.6. The smallest absolute Gasteiger partial charge is 0.410 e. The van der Waals surface area contributed by atoms with Crippen molar-refractivity contribution in [1.29, 1.82) is 0 Å². The van der Waals surface area contributed by atoms with Crippen molar-refractivity contribution in [2.75, 3.05) is 78.3 Å². The summed E-state index contributed by atoms with van der Waals surface area (Å²) in [6, 6.07) is 25.1. The van der Waals surface area contributed by atoms with Gasteiger partial charge in [-0.1, -0.05) is 94.9 Å². The van der Waals surface area contributed by atoms with Crippen LogP contribution in [-0.4, -0.2) is 187 Å². The number of nitrogens with zero attached hydrogens (tertiary/aromatic N) is 10. The van der Waals surface area contributed by atoms with Crippen LogP contribution in [0.4, 0.5) is 21.0 Å². The molecule has 0 radical (unpaired) electrons. The highest BCUT2D eigenvalue weighted by Crippen LogP contribution is 2.65. The Morgan fingerprint density at radius 1 is 0.508 bits per heavy atom. The second-order valence-corrected chi connectivity index (χ2v) is 39.4. The van der Waals surface area contributed by atoms with Gasteiger partial charge < -0.3 is 68.6 Å². The molecule has 16 rings (SSSR count). The largest absolute Gasteiger partial charge is 0.496 e. The fraction of sp³-hybridized carbons (Fsp3) is 0.500. The van der Waals surface area contributed by atoms with Crippen LogP contribution in [-0.2, 0) is 91.2 Å². The van der Waals surface area contributed by atoms with Gasteiger partial charge in [0.15, 0.2) is 11.6 Å². The zero-order chi connectivity index (χ0) is 91.1. The average Bonchev–Trinajstić information content (AvgIpc) is 1.51. The standard InChI is InChI=1S/2C48H57Cl2N7O7/c2*1-46(2,3)64-45(61)57(26-31-12-13-38(58)52-31)25-30-11-10-29(24-37(30)62-5)41-40(50)33(14-21-51-41)32-8-7-9-35(39(32)49)54-43(59)42-53-34-15-22-56(27-36(34)55(42)4)23-20-47-16-18-48(28-47,19-17-47)44(60)63-6/h2*7-11,14,21,24,31H,12-13,15-20,22-23,25-28H2,1-6H3,(H,52,58)(H,54,59)/t2*31-,47?,48?/m00/s1. The van der Waals surface area contributed by atoms with Crippen molar-refractivity contribution in [1.82, 2.24) is 59.3 Å². The molecular weight excluding hydrogens is 1710 g/mol. The minimum Gasteiger partial charge on any atom is -0.496 e. The molecule has 8 aliphatic rings. The molecule has 4 aromatic carbocycles. The highest BCUT2D eigenvalue weighted by Gasteiger charge is 2.60. The summed E-state index contributed by atoms with van der Waals surface area (Å²) in [6.07, 6.45) is 17.8. The van der Waals surface area contributed by atoms with Crippen molar-refractivity contribution in [2.24, 2.45) is 35.8 Å². The molecule has 4 aromatic heterocycles. The SMILES string of the molecule is COC(=O)C12CCC(CCN3CCc4nc(C(=O)Nc5cccc(-c6ccnc(-c7ccc(CN(C[C@@H]8CCC(=O)N8)C(=O)OC(C)(C)C)c(OC)c7)c6Cl)c5Cl)n(C)c4C3)(CC1)C2.COC(=O)C12CCC(CCN3CCc4nc(C(=O)Nc5cccc(-c6ccnc(-c7ccc(CN(C[C@@H]8CCC(=O)N8)C(=O)OC(C)(C)C)c(OC)c7)c6Cl)c5Cl)n(C)c4C3)(CC1)C2. The average molecular weight is 1830 g/mol. The van der Waals surface area contributed by atoms with Crippen LogP contribution in [0.25, 0.3) is 44.8 Å². The molecule has 8 heterocycles. The Morgan fingerprint density at radius 2 is 0.891 bits per heavy atom. The first-order valence-electron chi connectivity index (χ1n) is 44.1. The first kappa shape index (κ1) is 92.4. The van der Waals surface area contributed by atoms with Gasteiger partial charge in [0.2, 0.25) is 11.8 Å². The van der Waals surface area contributed by atoms with E-state index in [4.69, 9.17) is 84.8 Å². The molecule has 4 aliphatic carbocycles. The van der Waals surface area contributed by atoms with Crippen LogP contribution in [0.5, 0.6) is 11.5 Å². The number of fused-ring (bicyclic) bond motifs is 6. The normalized spacial score (nSPS) is 21.6. The van der Waals surface area contributed by atoms with E-state index in [9.17, 15) is 38.4 Å². The minimum atomic E-state index is -0.707. The maximum atomic E-state index is 13.9. The number of carbonyl (C=O) groups excluding carboxylic acids is 8. The van der Waals surface area contributed by atoms with Crippen LogP contribution in [0.15, 0.2) is 97.3 Å². The van der Waals surface area contributed by atoms with Crippen LogP contribution in [0, 0.1) is 21.7 Å². The molecule has 4 N–H and O–H groups in total. The van der Waals surface area contributed by atoms with Crippen molar-refractivity contribution in [2.45, 2.75) is 207 Å². The minimum absolute atomic E-state index is 0.0361. The number of hydrogen-bond donors (Lipinski definition) is 4. The van der Waals surface area contributed by atoms with Crippen LogP contribution < -0.4 is 30.7 Å². The molecule has 680 valence electrons. The summed E-state index contributed by atoms with van der Waals surface area (Å²) < 4.78 is 37.2. The number of benzene rings is 4. The third-order valence-electron chi connectivity index (χ3n) is 27.2. The van der Waals surface area contributed by atoms with E-state index in [1.807, 2.05) is 125 Å². The summed E-state index contributed by atoms with van der Waals surface area (Å²) in [6.45, 7) is 16.8. The number of aromatic nitrogens is 6. The molecule has 0 unspecified atom stereocenters. The van der Waals surface area contributed by atoms with E-state index in [0.717, 1.165) is 150 Å². The summed E-state index contributed by atoms with van der Waals surface area (Å²) in [5.74, 6) is 0.741. The fourth-order valence-electron chi connectivity index (χ4n) is 20.4. The summed E-state index contributed by atoms with van der Waals surface area (Å²) in [5.41, 5.74) is 9.35.